The molecule has 2 amide bonds. The zero-order chi connectivity index (χ0) is 22.8. The van der Waals surface area contributed by atoms with Gasteiger partial charge in [0.25, 0.3) is 11.8 Å². The number of anilines is 4. The molecule has 5 rings (SSSR count). The summed E-state index contributed by atoms with van der Waals surface area (Å²) in [5.74, 6) is 0.392. The van der Waals surface area contributed by atoms with Gasteiger partial charge in [-0.2, -0.15) is 4.98 Å². The van der Waals surface area contributed by atoms with Crippen LogP contribution in [0.4, 0.5) is 23.1 Å². The van der Waals surface area contributed by atoms with Gasteiger partial charge in [0, 0.05) is 43.2 Å². The van der Waals surface area contributed by atoms with Crippen LogP contribution in [0.15, 0.2) is 30.5 Å². The van der Waals surface area contributed by atoms with Gasteiger partial charge in [-0.05, 0) is 49.9 Å². The highest BCUT2D eigenvalue weighted by Crippen LogP contribution is 2.27. The first kappa shape index (κ1) is 21.4. The topological polar surface area (TPSA) is 126 Å². The Morgan fingerprint density at radius 1 is 1.09 bits per heavy atom. The SMILES string of the molecule is NC(=O)c1cnc(Nc2ccc(N3CCOC(C(=O)N4CCCC4)C3)cc2)nc1NC1CC1. The van der Waals surface area contributed by atoms with Crippen LogP contribution in [0.2, 0.25) is 0 Å². The molecule has 2 saturated heterocycles. The van der Waals surface area contributed by atoms with E-state index in [-0.39, 0.29) is 11.5 Å². The Hall–Kier alpha value is -3.40. The van der Waals surface area contributed by atoms with Crippen molar-refractivity contribution >= 4 is 35.0 Å². The Labute approximate surface area is 192 Å². The number of amides is 2. The number of ether oxygens (including phenoxy) is 1. The number of rotatable bonds is 7. The fraction of sp³-hybridized carbons (Fsp3) is 0.478. The lowest BCUT2D eigenvalue weighted by atomic mass is 10.2. The first-order chi connectivity index (χ1) is 16.1. The molecule has 0 spiro atoms. The van der Waals surface area contributed by atoms with E-state index < -0.39 is 12.0 Å². The third kappa shape index (κ3) is 5.00. The molecule has 33 heavy (non-hydrogen) atoms. The molecule has 1 saturated carbocycles. The number of hydrogen-bond acceptors (Lipinski definition) is 8. The van der Waals surface area contributed by atoms with E-state index in [0.29, 0.717) is 31.0 Å². The standard InChI is InChI=1S/C23H29N7O3/c24-20(31)18-13-25-23(28-21(18)26-15-3-4-15)27-16-5-7-17(8-6-16)30-11-12-33-19(14-30)22(32)29-9-1-2-10-29/h5-8,13,15,19H,1-4,9-12,14H2,(H2,24,31)(H2,25,26,27,28). The molecule has 1 aliphatic carbocycles. The van der Waals surface area contributed by atoms with Gasteiger partial charge in [0.15, 0.2) is 6.10 Å². The second kappa shape index (κ2) is 9.22. The number of nitrogens with two attached hydrogens (primary N) is 1. The van der Waals surface area contributed by atoms with Crippen LogP contribution in [0.1, 0.15) is 36.0 Å². The van der Waals surface area contributed by atoms with Gasteiger partial charge < -0.3 is 30.9 Å². The molecule has 10 nitrogen and oxygen atoms in total. The van der Waals surface area contributed by atoms with Crippen LogP contribution < -0.4 is 21.3 Å². The summed E-state index contributed by atoms with van der Waals surface area (Å²) in [6, 6.07) is 8.24. The minimum Gasteiger partial charge on any atom is -0.367 e. The number of primary amides is 1. The quantitative estimate of drug-likeness (QED) is 0.581. The molecule has 10 heteroatoms. The van der Waals surface area contributed by atoms with Gasteiger partial charge in [-0.15, -0.1) is 0 Å². The van der Waals surface area contributed by atoms with Crippen molar-refractivity contribution in [3.63, 3.8) is 0 Å². The monoisotopic (exact) mass is 451 g/mol. The van der Waals surface area contributed by atoms with Crippen molar-refractivity contribution in [2.75, 3.05) is 48.3 Å². The van der Waals surface area contributed by atoms with Crippen LogP contribution in [0.25, 0.3) is 0 Å². The second-order valence-corrected chi connectivity index (χ2v) is 8.75. The van der Waals surface area contributed by atoms with Gasteiger partial charge >= 0.3 is 0 Å². The highest BCUT2D eigenvalue weighted by atomic mass is 16.5. The number of hydrogen-bond donors (Lipinski definition) is 3. The normalized spacial score (nSPS) is 20.5. The highest BCUT2D eigenvalue weighted by Gasteiger charge is 2.31. The smallest absolute Gasteiger partial charge is 0.254 e. The molecule has 174 valence electrons. The summed E-state index contributed by atoms with van der Waals surface area (Å²) in [6.07, 6.45) is 5.29. The lowest BCUT2D eigenvalue weighted by molar-refractivity contribution is -0.143. The summed E-state index contributed by atoms with van der Waals surface area (Å²) in [7, 11) is 0. The molecule has 1 aromatic carbocycles. The molecule has 3 heterocycles. The lowest BCUT2D eigenvalue weighted by Crippen LogP contribution is -2.50. The Morgan fingerprint density at radius 2 is 1.85 bits per heavy atom. The van der Waals surface area contributed by atoms with Gasteiger partial charge in [-0.25, -0.2) is 4.98 Å². The highest BCUT2D eigenvalue weighted by molar-refractivity contribution is 5.97. The molecule has 4 N–H and O–H groups in total. The van der Waals surface area contributed by atoms with Crippen LogP contribution >= 0.6 is 0 Å². The number of carbonyl (C=O) groups excluding carboxylic acids is 2. The zero-order valence-electron chi connectivity index (χ0n) is 18.5. The number of nitrogens with one attached hydrogen (secondary N) is 2. The summed E-state index contributed by atoms with van der Waals surface area (Å²) in [5, 5.41) is 6.42. The molecule has 2 aromatic rings. The van der Waals surface area contributed by atoms with Gasteiger partial charge in [-0.1, -0.05) is 0 Å². The molecule has 0 bridgehead atoms. The number of likely N-dealkylation sites (tertiary alicyclic amines) is 1. The van der Waals surface area contributed by atoms with Gasteiger partial charge in [0.1, 0.15) is 5.82 Å². The minimum atomic E-state index is -0.555. The van der Waals surface area contributed by atoms with Gasteiger partial charge in [-0.3, -0.25) is 9.59 Å². The number of morpholine rings is 1. The molecule has 1 unspecified atom stereocenters. The largest absolute Gasteiger partial charge is 0.367 e. The van der Waals surface area contributed by atoms with E-state index in [9.17, 15) is 9.59 Å². The van der Waals surface area contributed by atoms with E-state index in [0.717, 1.165) is 56.7 Å². The van der Waals surface area contributed by atoms with Crippen LogP contribution in [0.5, 0.6) is 0 Å². The maximum atomic E-state index is 12.7. The van der Waals surface area contributed by atoms with E-state index in [1.165, 1.54) is 6.20 Å². The van der Waals surface area contributed by atoms with Crippen LogP contribution in [0.3, 0.4) is 0 Å². The molecule has 0 radical (unpaired) electrons. The molecule has 1 aromatic heterocycles. The summed E-state index contributed by atoms with van der Waals surface area (Å²) in [5.41, 5.74) is 7.59. The van der Waals surface area contributed by atoms with Crippen LogP contribution in [-0.4, -0.2) is 71.6 Å². The maximum absolute atomic E-state index is 12.7. The minimum absolute atomic E-state index is 0.0997. The summed E-state index contributed by atoms with van der Waals surface area (Å²) < 4.78 is 5.78. The Kier molecular flexibility index (Phi) is 5.99. The summed E-state index contributed by atoms with van der Waals surface area (Å²) >= 11 is 0. The molecule has 3 aliphatic rings. The van der Waals surface area contributed by atoms with Crippen molar-refractivity contribution in [1.82, 2.24) is 14.9 Å². The number of nitrogens with zero attached hydrogens (tertiary/aromatic N) is 4. The third-order valence-corrected chi connectivity index (χ3v) is 6.22. The van der Waals surface area contributed by atoms with Crippen molar-refractivity contribution in [3.8, 4) is 0 Å². The predicted octanol–water partition coefficient (Wildman–Crippen LogP) is 1.72. The fourth-order valence-corrected chi connectivity index (χ4v) is 4.21. The number of benzene rings is 1. The average Bonchev–Trinajstić information content (AvgIpc) is 3.47. The van der Waals surface area contributed by atoms with E-state index in [1.807, 2.05) is 29.2 Å². The molecular weight excluding hydrogens is 422 g/mol. The number of aromatic nitrogens is 2. The van der Waals surface area contributed by atoms with Gasteiger partial charge in [0.2, 0.25) is 5.95 Å². The zero-order valence-corrected chi connectivity index (χ0v) is 18.5. The molecular formula is C23H29N7O3. The first-order valence-corrected chi connectivity index (χ1v) is 11.5. The molecule has 1 atom stereocenters. The Bertz CT molecular complexity index is 1020. The fourth-order valence-electron chi connectivity index (χ4n) is 4.21. The van der Waals surface area contributed by atoms with Crippen molar-refractivity contribution in [2.24, 2.45) is 5.73 Å². The Morgan fingerprint density at radius 3 is 2.55 bits per heavy atom. The first-order valence-electron chi connectivity index (χ1n) is 11.5. The van der Waals surface area contributed by atoms with Crippen molar-refractivity contribution < 1.29 is 14.3 Å². The van der Waals surface area contributed by atoms with E-state index in [2.05, 4.69) is 25.5 Å². The van der Waals surface area contributed by atoms with Crippen LogP contribution in [-0.2, 0) is 9.53 Å². The van der Waals surface area contributed by atoms with Crippen LogP contribution in [0, 0.1) is 0 Å². The predicted molar refractivity (Wildman–Crippen MR) is 125 cm³/mol. The van der Waals surface area contributed by atoms with Crippen molar-refractivity contribution in [1.29, 1.82) is 0 Å². The van der Waals surface area contributed by atoms with Crippen molar-refractivity contribution in [3.05, 3.63) is 36.0 Å². The molecule has 2 aliphatic heterocycles. The maximum Gasteiger partial charge on any atom is 0.254 e. The summed E-state index contributed by atoms with van der Waals surface area (Å²) in [6.45, 7) is 3.49. The third-order valence-electron chi connectivity index (χ3n) is 6.22. The van der Waals surface area contributed by atoms with Crippen molar-refractivity contribution in [2.45, 2.75) is 37.8 Å². The van der Waals surface area contributed by atoms with E-state index >= 15 is 0 Å². The second-order valence-electron chi connectivity index (χ2n) is 8.75. The van der Waals surface area contributed by atoms with E-state index in [4.69, 9.17) is 10.5 Å². The van der Waals surface area contributed by atoms with E-state index in [1.54, 1.807) is 0 Å². The Balaban J connectivity index is 1.24. The lowest BCUT2D eigenvalue weighted by Gasteiger charge is -2.35. The van der Waals surface area contributed by atoms with Gasteiger partial charge in [0.05, 0.1) is 18.7 Å². The number of carbonyl (C=O) groups is 2. The molecule has 3 fully saturated rings. The average molecular weight is 452 g/mol. The summed E-state index contributed by atoms with van der Waals surface area (Å²) in [4.78, 5) is 37.2.